The van der Waals surface area contributed by atoms with Crippen LogP contribution in [0.2, 0.25) is 0 Å². The second kappa shape index (κ2) is 49.1. The van der Waals surface area contributed by atoms with Crippen molar-refractivity contribution in [3.63, 3.8) is 0 Å². The average Bonchev–Trinajstić information content (AvgIpc) is 3.25. The molecule has 5 N–H and O–H groups in total. The number of aliphatic hydroxyl groups excluding tert-OH is 4. The number of hydrogen-bond acceptors (Lipinski definition) is 5. The highest BCUT2D eigenvalue weighted by Gasteiger charge is 2.28. The zero-order chi connectivity index (χ0) is 43.8. The van der Waals surface area contributed by atoms with Gasteiger partial charge in [-0.1, -0.05) is 270 Å². The van der Waals surface area contributed by atoms with Crippen LogP contribution in [0.4, 0.5) is 0 Å². The molecule has 0 rings (SSSR count). The predicted octanol–water partition coefficient (Wildman–Crippen LogP) is 15.3. The van der Waals surface area contributed by atoms with E-state index in [1.807, 2.05) is 0 Å². The zero-order valence-electron chi connectivity index (χ0n) is 40.5. The van der Waals surface area contributed by atoms with Crippen LogP contribution >= 0.6 is 0 Å². The first kappa shape index (κ1) is 59.0. The van der Waals surface area contributed by atoms with E-state index in [0.717, 1.165) is 38.5 Å². The molecule has 0 aliphatic rings. The molecule has 0 saturated carbocycles. The molecular formula is C54H107NO5. The number of rotatable bonds is 50. The molecule has 0 aromatic carbocycles. The molecule has 0 aliphatic heterocycles. The Labute approximate surface area is 374 Å². The van der Waals surface area contributed by atoms with Crippen LogP contribution in [0.1, 0.15) is 296 Å². The van der Waals surface area contributed by atoms with Crippen LogP contribution in [0, 0.1) is 0 Å². The van der Waals surface area contributed by atoms with Crippen molar-refractivity contribution in [2.24, 2.45) is 0 Å². The van der Waals surface area contributed by atoms with Crippen LogP contribution in [-0.4, -0.2) is 57.3 Å². The maximum atomic E-state index is 12.5. The van der Waals surface area contributed by atoms with Crippen molar-refractivity contribution in [2.45, 2.75) is 321 Å². The van der Waals surface area contributed by atoms with Crippen molar-refractivity contribution < 1.29 is 25.2 Å². The van der Waals surface area contributed by atoms with Crippen LogP contribution in [0.25, 0.3) is 0 Å². The van der Waals surface area contributed by atoms with Gasteiger partial charge in [-0.2, -0.15) is 0 Å². The van der Waals surface area contributed by atoms with Gasteiger partial charge in [0.1, 0.15) is 12.2 Å². The number of unbranched alkanes of at least 4 members (excludes halogenated alkanes) is 39. The number of carbonyl (C=O) groups excluding carboxylic acids is 1. The van der Waals surface area contributed by atoms with Gasteiger partial charge in [0.2, 0.25) is 5.91 Å². The lowest BCUT2D eigenvalue weighted by molar-refractivity contribution is -0.132. The zero-order valence-corrected chi connectivity index (χ0v) is 40.5. The van der Waals surface area contributed by atoms with Crippen molar-refractivity contribution in [3.8, 4) is 0 Å². The van der Waals surface area contributed by atoms with Gasteiger partial charge in [0.05, 0.1) is 18.8 Å². The summed E-state index contributed by atoms with van der Waals surface area (Å²) in [5, 5.41) is 43.7. The Kier molecular flexibility index (Phi) is 48.3. The molecule has 0 aliphatic carbocycles. The third-order valence-corrected chi connectivity index (χ3v) is 13.0. The van der Waals surface area contributed by atoms with Crippen LogP contribution < -0.4 is 5.32 Å². The predicted molar refractivity (Wildman–Crippen MR) is 261 cm³/mol. The van der Waals surface area contributed by atoms with Gasteiger partial charge in [0.15, 0.2) is 0 Å². The summed E-state index contributed by atoms with van der Waals surface area (Å²) in [6.45, 7) is 4.05. The molecule has 4 atom stereocenters. The first-order chi connectivity index (χ1) is 29.5. The molecule has 6 nitrogen and oxygen atoms in total. The lowest BCUT2D eigenvalue weighted by atomic mass is 10.00. The molecule has 0 radical (unpaired) electrons. The summed E-state index contributed by atoms with van der Waals surface area (Å²) in [5.74, 6) is -0.589. The van der Waals surface area contributed by atoms with E-state index < -0.39 is 36.9 Å². The topological polar surface area (TPSA) is 110 Å². The van der Waals surface area contributed by atoms with E-state index in [-0.39, 0.29) is 0 Å². The van der Waals surface area contributed by atoms with E-state index in [4.69, 9.17) is 0 Å². The van der Waals surface area contributed by atoms with Gasteiger partial charge in [0, 0.05) is 0 Å². The monoisotopic (exact) mass is 850 g/mol. The minimum absolute atomic E-state index is 0.368. The quantitative estimate of drug-likeness (QED) is 0.0309. The number of nitrogens with one attached hydrogen (secondary N) is 1. The summed E-state index contributed by atoms with van der Waals surface area (Å²) in [6, 6.07) is -0.997. The third-order valence-electron chi connectivity index (χ3n) is 13.0. The van der Waals surface area contributed by atoms with E-state index in [2.05, 4.69) is 31.3 Å². The molecule has 0 aromatic heterocycles. The summed E-state index contributed by atoms with van der Waals surface area (Å²) in [7, 11) is 0. The van der Waals surface area contributed by atoms with Gasteiger partial charge in [-0.15, -0.1) is 0 Å². The highest BCUT2D eigenvalue weighted by Crippen LogP contribution is 2.18. The highest BCUT2D eigenvalue weighted by atomic mass is 16.3. The Morgan fingerprint density at radius 1 is 0.400 bits per heavy atom. The minimum atomic E-state index is -1.28. The molecule has 0 heterocycles. The second-order valence-corrected chi connectivity index (χ2v) is 18.9. The summed E-state index contributed by atoms with van der Waals surface area (Å²) in [5.41, 5.74) is 0. The van der Waals surface area contributed by atoms with Gasteiger partial charge in [-0.05, 0) is 38.5 Å². The summed E-state index contributed by atoms with van der Waals surface area (Å²) in [6.07, 6.45) is 57.3. The molecule has 60 heavy (non-hydrogen) atoms. The Bertz CT molecular complexity index is 867. The minimum Gasteiger partial charge on any atom is -0.394 e. The molecule has 6 heteroatoms. The van der Waals surface area contributed by atoms with E-state index in [0.29, 0.717) is 12.8 Å². The molecule has 1 amide bonds. The van der Waals surface area contributed by atoms with Crippen LogP contribution in [-0.2, 0) is 4.79 Å². The van der Waals surface area contributed by atoms with Crippen molar-refractivity contribution in [1.82, 2.24) is 5.32 Å². The van der Waals surface area contributed by atoms with Crippen molar-refractivity contribution in [1.29, 1.82) is 0 Å². The van der Waals surface area contributed by atoms with Crippen molar-refractivity contribution in [2.75, 3.05) is 6.61 Å². The fourth-order valence-electron chi connectivity index (χ4n) is 8.70. The van der Waals surface area contributed by atoms with E-state index in [1.165, 1.54) is 231 Å². The fourth-order valence-corrected chi connectivity index (χ4v) is 8.70. The molecule has 0 aromatic rings. The summed E-state index contributed by atoms with van der Waals surface area (Å²) in [4.78, 5) is 12.5. The number of allylic oxidation sites excluding steroid dienone is 2. The smallest absolute Gasteiger partial charge is 0.249 e. The van der Waals surface area contributed by atoms with Crippen molar-refractivity contribution >= 4 is 5.91 Å². The molecule has 4 unspecified atom stereocenters. The first-order valence-electron chi connectivity index (χ1n) is 27.1. The Morgan fingerprint density at radius 3 is 1.00 bits per heavy atom. The van der Waals surface area contributed by atoms with Gasteiger partial charge in [0.25, 0.3) is 0 Å². The van der Waals surface area contributed by atoms with Crippen LogP contribution in [0.5, 0.6) is 0 Å². The lowest BCUT2D eigenvalue weighted by Gasteiger charge is -2.27. The highest BCUT2D eigenvalue weighted by molar-refractivity contribution is 5.80. The number of amides is 1. The van der Waals surface area contributed by atoms with Gasteiger partial charge < -0.3 is 25.7 Å². The SMILES string of the molecule is CCCCCCCCC/C=C/CCCC(O)C(O)C(CO)NC(=O)C(O)CCCCCCCCCCCCCCCCCCCCCCCCCCCCCCCCCC. The molecule has 0 bridgehead atoms. The maximum absolute atomic E-state index is 12.5. The molecule has 0 saturated heterocycles. The Morgan fingerprint density at radius 2 is 0.683 bits per heavy atom. The fraction of sp³-hybridized carbons (Fsp3) is 0.944. The second-order valence-electron chi connectivity index (χ2n) is 18.9. The molecule has 358 valence electrons. The van der Waals surface area contributed by atoms with Crippen LogP contribution in [0.15, 0.2) is 12.2 Å². The third kappa shape index (κ3) is 42.4. The van der Waals surface area contributed by atoms with Gasteiger partial charge >= 0.3 is 0 Å². The van der Waals surface area contributed by atoms with E-state index in [9.17, 15) is 25.2 Å². The van der Waals surface area contributed by atoms with E-state index >= 15 is 0 Å². The largest absolute Gasteiger partial charge is 0.394 e. The molecule has 0 fully saturated rings. The van der Waals surface area contributed by atoms with Crippen molar-refractivity contribution in [3.05, 3.63) is 12.2 Å². The average molecular weight is 850 g/mol. The summed E-state index contributed by atoms with van der Waals surface area (Å²) < 4.78 is 0. The van der Waals surface area contributed by atoms with Gasteiger partial charge in [-0.25, -0.2) is 0 Å². The normalized spacial score (nSPS) is 13.9. The van der Waals surface area contributed by atoms with Crippen LogP contribution in [0.3, 0.4) is 0 Å². The van der Waals surface area contributed by atoms with Gasteiger partial charge in [-0.3, -0.25) is 4.79 Å². The standard InChI is InChI=1S/C54H107NO5/c1-3-5-7-9-11-13-15-17-18-19-20-21-22-23-24-25-26-27-28-29-30-31-32-33-34-35-36-38-40-42-44-46-48-52(58)54(60)55-50(49-56)53(59)51(57)47-45-43-41-39-37-16-14-12-10-8-6-4-2/h39,41,50-53,56-59H,3-38,40,42-49H2,1-2H3,(H,55,60)/b41-39+. The number of hydrogen-bond donors (Lipinski definition) is 5. The number of carbonyl (C=O) groups is 1. The maximum Gasteiger partial charge on any atom is 0.249 e. The summed E-state index contributed by atoms with van der Waals surface area (Å²) >= 11 is 0. The van der Waals surface area contributed by atoms with E-state index in [1.54, 1.807) is 0 Å². The number of aliphatic hydroxyl groups is 4. The molecular weight excluding hydrogens is 743 g/mol. The lowest BCUT2D eigenvalue weighted by Crippen LogP contribution is -2.53. The first-order valence-corrected chi connectivity index (χ1v) is 27.1. The Balaban J connectivity index is 3.52. The molecule has 0 spiro atoms. The Hall–Kier alpha value is -0.950.